The quantitative estimate of drug-likeness (QED) is 0.778. The Morgan fingerprint density at radius 2 is 2.14 bits per heavy atom. The van der Waals surface area contributed by atoms with Crippen LogP contribution in [-0.2, 0) is 4.79 Å². The number of thiazole rings is 1. The third-order valence-electron chi connectivity index (χ3n) is 3.92. The fraction of sp³-hybridized carbons (Fsp3) is 0.643. The number of nitrogens with one attached hydrogen (secondary N) is 2. The van der Waals surface area contributed by atoms with E-state index in [9.17, 15) is 9.59 Å². The second-order valence-corrected chi connectivity index (χ2v) is 6.43. The van der Waals surface area contributed by atoms with Gasteiger partial charge >= 0.3 is 12.0 Å². The number of urea groups is 1. The van der Waals surface area contributed by atoms with Crippen molar-refractivity contribution in [3.8, 4) is 0 Å². The van der Waals surface area contributed by atoms with E-state index < -0.39 is 5.97 Å². The second-order valence-electron chi connectivity index (χ2n) is 5.50. The van der Waals surface area contributed by atoms with Gasteiger partial charge in [-0.25, -0.2) is 9.78 Å². The summed E-state index contributed by atoms with van der Waals surface area (Å²) < 4.78 is 0. The van der Waals surface area contributed by atoms with E-state index in [0.29, 0.717) is 25.3 Å². The number of carboxylic acid groups (broad SMARTS) is 1. The summed E-state index contributed by atoms with van der Waals surface area (Å²) in [5, 5.41) is 17.4. The van der Waals surface area contributed by atoms with Gasteiger partial charge < -0.3 is 15.7 Å². The minimum Gasteiger partial charge on any atom is -0.481 e. The Morgan fingerprint density at radius 3 is 2.71 bits per heavy atom. The van der Waals surface area contributed by atoms with E-state index in [1.54, 1.807) is 6.20 Å². The molecule has 21 heavy (non-hydrogen) atoms. The minimum atomic E-state index is -0.698. The van der Waals surface area contributed by atoms with Gasteiger partial charge in [-0.3, -0.25) is 4.79 Å². The number of hydrogen-bond acceptors (Lipinski definition) is 4. The Labute approximate surface area is 128 Å². The molecule has 1 atom stereocenters. The molecule has 1 aromatic rings. The highest BCUT2D eigenvalue weighted by molar-refractivity contribution is 7.09. The lowest BCUT2D eigenvalue weighted by molar-refractivity contribution is -0.143. The van der Waals surface area contributed by atoms with Gasteiger partial charge in [0.25, 0.3) is 0 Å². The third-order valence-corrected chi connectivity index (χ3v) is 4.87. The topological polar surface area (TPSA) is 91.3 Å². The van der Waals surface area contributed by atoms with Crippen molar-refractivity contribution in [1.29, 1.82) is 0 Å². The van der Waals surface area contributed by atoms with Gasteiger partial charge in [0.1, 0.15) is 5.01 Å². The van der Waals surface area contributed by atoms with Crippen molar-refractivity contribution in [2.24, 2.45) is 11.8 Å². The van der Waals surface area contributed by atoms with Crippen LogP contribution in [0.3, 0.4) is 0 Å². The minimum absolute atomic E-state index is 0.104. The van der Waals surface area contributed by atoms with Crippen molar-refractivity contribution >= 4 is 23.3 Å². The summed E-state index contributed by atoms with van der Waals surface area (Å²) >= 11 is 1.51. The van der Waals surface area contributed by atoms with Crippen molar-refractivity contribution in [3.63, 3.8) is 0 Å². The summed E-state index contributed by atoms with van der Waals surface area (Å²) in [6.07, 6.45) is 4.85. The molecule has 1 aliphatic carbocycles. The molecular formula is C14H21N3O3S. The number of carbonyl (C=O) groups excluding carboxylic acids is 1. The van der Waals surface area contributed by atoms with Gasteiger partial charge in [-0.15, -0.1) is 11.3 Å². The summed E-state index contributed by atoms with van der Waals surface area (Å²) in [6.45, 7) is 2.50. The van der Waals surface area contributed by atoms with Crippen LogP contribution in [0.5, 0.6) is 0 Å². The number of nitrogens with zero attached hydrogens (tertiary/aromatic N) is 1. The van der Waals surface area contributed by atoms with Gasteiger partial charge in [0, 0.05) is 18.1 Å². The highest BCUT2D eigenvalue weighted by Gasteiger charge is 2.26. The molecule has 0 saturated heterocycles. The smallest absolute Gasteiger partial charge is 0.315 e. The molecule has 0 aromatic carbocycles. The van der Waals surface area contributed by atoms with E-state index >= 15 is 0 Å². The van der Waals surface area contributed by atoms with Crippen molar-refractivity contribution < 1.29 is 14.7 Å². The number of hydrogen-bond donors (Lipinski definition) is 3. The highest BCUT2D eigenvalue weighted by Crippen LogP contribution is 2.28. The molecule has 1 heterocycles. The molecular weight excluding hydrogens is 290 g/mol. The first-order valence-electron chi connectivity index (χ1n) is 7.22. The molecule has 2 rings (SSSR count). The van der Waals surface area contributed by atoms with Gasteiger partial charge in [0.15, 0.2) is 0 Å². The zero-order valence-corrected chi connectivity index (χ0v) is 12.9. The van der Waals surface area contributed by atoms with Crippen LogP contribution >= 0.6 is 11.3 Å². The first-order valence-corrected chi connectivity index (χ1v) is 8.10. The number of carbonyl (C=O) groups is 2. The standard InChI is InChI=1S/C14H21N3O3S/c1-9(12-15-6-7-21-12)17-14(20)16-8-10-2-4-11(5-3-10)13(18)19/h6-7,9-11H,2-5,8H2,1H3,(H,18,19)(H2,16,17,20). The zero-order valence-electron chi connectivity index (χ0n) is 12.0. The van der Waals surface area contributed by atoms with E-state index in [0.717, 1.165) is 17.8 Å². The summed E-state index contributed by atoms with van der Waals surface area (Å²) in [5.41, 5.74) is 0. The summed E-state index contributed by atoms with van der Waals surface area (Å²) in [7, 11) is 0. The summed E-state index contributed by atoms with van der Waals surface area (Å²) in [6, 6.07) is -0.300. The van der Waals surface area contributed by atoms with Crippen LogP contribution in [0, 0.1) is 11.8 Å². The Morgan fingerprint density at radius 1 is 1.43 bits per heavy atom. The van der Waals surface area contributed by atoms with Gasteiger partial charge in [0.05, 0.1) is 12.0 Å². The predicted octanol–water partition coefficient (Wildman–Crippen LogP) is 2.39. The maximum Gasteiger partial charge on any atom is 0.315 e. The van der Waals surface area contributed by atoms with Gasteiger partial charge in [0.2, 0.25) is 0 Å². The largest absolute Gasteiger partial charge is 0.481 e. The molecule has 1 saturated carbocycles. The van der Waals surface area contributed by atoms with E-state index in [1.165, 1.54) is 11.3 Å². The molecule has 0 bridgehead atoms. The molecule has 116 valence electrons. The lowest BCUT2D eigenvalue weighted by atomic mass is 9.82. The first-order chi connectivity index (χ1) is 10.1. The van der Waals surface area contributed by atoms with Crippen molar-refractivity contribution in [3.05, 3.63) is 16.6 Å². The fourth-order valence-electron chi connectivity index (χ4n) is 2.61. The van der Waals surface area contributed by atoms with E-state index in [1.807, 2.05) is 12.3 Å². The van der Waals surface area contributed by atoms with E-state index in [4.69, 9.17) is 5.11 Å². The SMILES string of the molecule is CC(NC(=O)NCC1CCC(C(=O)O)CC1)c1nccs1. The molecule has 0 aliphatic heterocycles. The van der Waals surface area contributed by atoms with Gasteiger partial charge in [-0.1, -0.05) is 0 Å². The zero-order chi connectivity index (χ0) is 15.2. The molecule has 7 heteroatoms. The maximum atomic E-state index is 11.8. The lowest BCUT2D eigenvalue weighted by Gasteiger charge is -2.26. The predicted molar refractivity (Wildman–Crippen MR) is 80.1 cm³/mol. The number of carboxylic acids is 1. The van der Waals surface area contributed by atoms with Crippen molar-refractivity contribution in [1.82, 2.24) is 15.6 Å². The first kappa shape index (κ1) is 15.8. The van der Waals surface area contributed by atoms with E-state index in [2.05, 4.69) is 15.6 Å². The fourth-order valence-corrected chi connectivity index (χ4v) is 3.25. The summed E-state index contributed by atoms with van der Waals surface area (Å²) in [5.74, 6) is -0.530. The Hall–Kier alpha value is -1.63. The second kappa shape index (κ2) is 7.40. The van der Waals surface area contributed by atoms with E-state index in [-0.39, 0.29) is 18.0 Å². The lowest BCUT2D eigenvalue weighted by Crippen LogP contribution is -2.40. The molecule has 3 N–H and O–H groups in total. The van der Waals surface area contributed by atoms with Crippen LogP contribution in [-0.4, -0.2) is 28.6 Å². The monoisotopic (exact) mass is 311 g/mol. The molecule has 1 unspecified atom stereocenters. The van der Waals surface area contributed by atoms with Crippen LogP contribution in [0.25, 0.3) is 0 Å². The van der Waals surface area contributed by atoms with Crippen LogP contribution in [0.4, 0.5) is 4.79 Å². The average Bonchev–Trinajstić information content (AvgIpc) is 3.00. The molecule has 0 radical (unpaired) electrons. The van der Waals surface area contributed by atoms with Crippen LogP contribution in [0.1, 0.15) is 43.7 Å². The molecule has 1 aliphatic rings. The van der Waals surface area contributed by atoms with Crippen molar-refractivity contribution in [2.45, 2.75) is 38.6 Å². The Kier molecular flexibility index (Phi) is 5.55. The molecule has 2 amide bonds. The van der Waals surface area contributed by atoms with Crippen LogP contribution in [0.2, 0.25) is 0 Å². The number of rotatable bonds is 5. The van der Waals surface area contributed by atoms with Crippen LogP contribution < -0.4 is 10.6 Å². The molecule has 1 fully saturated rings. The normalized spacial score (nSPS) is 23.3. The van der Waals surface area contributed by atoms with Crippen molar-refractivity contribution in [2.75, 3.05) is 6.54 Å². The Bertz CT molecular complexity index is 470. The summed E-state index contributed by atoms with van der Waals surface area (Å²) in [4.78, 5) is 26.9. The Balaban J connectivity index is 1.67. The van der Waals surface area contributed by atoms with Crippen LogP contribution in [0.15, 0.2) is 11.6 Å². The molecule has 0 spiro atoms. The number of aliphatic carboxylic acids is 1. The van der Waals surface area contributed by atoms with Gasteiger partial charge in [-0.2, -0.15) is 0 Å². The third kappa shape index (κ3) is 4.70. The average molecular weight is 311 g/mol. The number of aromatic nitrogens is 1. The maximum absolute atomic E-state index is 11.8. The molecule has 1 aromatic heterocycles. The number of amides is 2. The van der Waals surface area contributed by atoms with Gasteiger partial charge in [-0.05, 0) is 38.5 Å². The highest BCUT2D eigenvalue weighted by atomic mass is 32.1. The molecule has 6 nitrogen and oxygen atoms in total.